The number of nitrogens with zero attached hydrogens (tertiary/aromatic N) is 2. The molecule has 0 aromatic heterocycles. The van der Waals surface area contributed by atoms with E-state index in [2.05, 4.69) is 10.9 Å². The number of nitro groups is 1. The van der Waals surface area contributed by atoms with Crippen LogP contribution in [-0.2, 0) is 9.59 Å². The molecule has 0 heterocycles. The number of nitro benzene ring substituents is 1. The Labute approximate surface area is 164 Å². The summed E-state index contributed by atoms with van der Waals surface area (Å²) in [5, 5.41) is 19.5. The second-order valence-electron chi connectivity index (χ2n) is 5.26. The summed E-state index contributed by atoms with van der Waals surface area (Å²) in [6.07, 6.45) is 2.42. The number of nitriles is 1. The highest BCUT2D eigenvalue weighted by Crippen LogP contribution is 2.25. The van der Waals surface area contributed by atoms with Gasteiger partial charge < -0.3 is 4.74 Å². The Morgan fingerprint density at radius 3 is 2.57 bits per heavy atom. The number of benzene rings is 2. The minimum Gasteiger partial charge on any atom is -0.484 e. The lowest BCUT2D eigenvalue weighted by molar-refractivity contribution is -0.384. The fourth-order valence-corrected chi connectivity index (χ4v) is 2.12. The van der Waals surface area contributed by atoms with Crippen molar-refractivity contribution in [2.75, 3.05) is 6.61 Å². The number of hydrazine groups is 1. The van der Waals surface area contributed by atoms with E-state index in [4.69, 9.17) is 21.6 Å². The van der Waals surface area contributed by atoms with Crippen molar-refractivity contribution < 1.29 is 19.2 Å². The average Bonchev–Trinajstić information content (AvgIpc) is 2.70. The Morgan fingerprint density at radius 1 is 1.21 bits per heavy atom. The van der Waals surface area contributed by atoms with Crippen LogP contribution in [0.15, 0.2) is 48.5 Å². The number of ether oxygens (including phenoxy) is 1. The maximum absolute atomic E-state index is 11.7. The summed E-state index contributed by atoms with van der Waals surface area (Å²) in [5.41, 5.74) is 4.87. The predicted molar refractivity (Wildman–Crippen MR) is 100 cm³/mol. The Bertz CT molecular complexity index is 967. The SMILES string of the molecule is N#Cc1ccc(OCC(=O)NNC(=O)/C=C/c2ccc(Cl)c([N+](=O)[O-])c2)cc1. The number of amides is 2. The lowest BCUT2D eigenvalue weighted by atomic mass is 10.2. The zero-order chi connectivity index (χ0) is 20.5. The topological polar surface area (TPSA) is 134 Å². The van der Waals surface area contributed by atoms with Crippen molar-refractivity contribution >= 4 is 35.2 Å². The standard InChI is InChI=1S/C18H13ClN4O5/c19-15-7-3-12(9-16(15)23(26)27)4-8-17(24)21-22-18(25)11-28-14-5-1-13(10-20)2-6-14/h1-9H,11H2,(H,21,24)(H,22,25)/b8-4+. The Morgan fingerprint density at radius 2 is 1.93 bits per heavy atom. The number of hydrogen-bond donors (Lipinski definition) is 2. The number of nitrogens with one attached hydrogen (secondary N) is 2. The van der Waals surface area contributed by atoms with E-state index in [1.807, 2.05) is 6.07 Å². The van der Waals surface area contributed by atoms with Gasteiger partial charge in [0.25, 0.3) is 17.5 Å². The summed E-state index contributed by atoms with van der Waals surface area (Å²) < 4.78 is 5.21. The average molecular weight is 401 g/mol. The fraction of sp³-hybridized carbons (Fsp3) is 0.0556. The van der Waals surface area contributed by atoms with E-state index in [0.717, 1.165) is 6.08 Å². The van der Waals surface area contributed by atoms with E-state index in [1.54, 1.807) is 24.3 Å². The van der Waals surface area contributed by atoms with Crippen molar-refractivity contribution in [2.45, 2.75) is 0 Å². The largest absolute Gasteiger partial charge is 0.484 e. The van der Waals surface area contributed by atoms with Crippen molar-refractivity contribution in [3.63, 3.8) is 0 Å². The molecule has 0 bridgehead atoms. The first-order valence-electron chi connectivity index (χ1n) is 7.73. The summed E-state index contributed by atoms with van der Waals surface area (Å²) in [6, 6.07) is 12.2. The molecule has 0 fully saturated rings. The highest BCUT2D eigenvalue weighted by molar-refractivity contribution is 6.32. The van der Waals surface area contributed by atoms with Crippen LogP contribution in [0.3, 0.4) is 0 Å². The van der Waals surface area contributed by atoms with E-state index in [1.165, 1.54) is 24.3 Å². The summed E-state index contributed by atoms with van der Waals surface area (Å²) in [5.74, 6) is -0.859. The third kappa shape index (κ3) is 6.12. The molecule has 10 heteroatoms. The van der Waals surface area contributed by atoms with Crippen LogP contribution in [0.1, 0.15) is 11.1 Å². The van der Waals surface area contributed by atoms with Crippen molar-refractivity contribution in [1.29, 1.82) is 5.26 Å². The first-order chi connectivity index (χ1) is 13.4. The van der Waals surface area contributed by atoms with Crippen LogP contribution in [-0.4, -0.2) is 23.3 Å². The van der Waals surface area contributed by atoms with E-state index < -0.39 is 16.7 Å². The van der Waals surface area contributed by atoms with Crippen LogP contribution >= 0.6 is 11.6 Å². The molecular weight excluding hydrogens is 388 g/mol. The Kier molecular flexibility index (Phi) is 7.07. The molecule has 0 spiro atoms. The van der Waals surface area contributed by atoms with Gasteiger partial charge in [-0.3, -0.25) is 30.6 Å². The predicted octanol–water partition coefficient (Wildman–Crippen LogP) is 2.36. The van der Waals surface area contributed by atoms with Gasteiger partial charge in [0, 0.05) is 12.1 Å². The molecule has 0 aliphatic carbocycles. The molecule has 2 amide bonds. The third-order valence-electron chi connectivity index (χ3n) is 3.27. The lowest BCUT2D eigenvalue weighted by Crippen LogP contribution is -2.43. The van der Waals surface area contributed by atoms with Crippen LogP contribution in [0, 0.1) is 21.4 Å². The monoisotopic (exact) mass is 400 g/mol. The highest BCUT2D eigenvalue weighted by atomic mass is 35.5. The van der Waals surface area contributed by atoms with Gasteiger partial charge in [-0.05, 0) is 42.0 Å². The summed E-state index contributed by atoms with van der Waals surface area (Å²) in [7, 11) is 0. The van der Waals surface area contributed by atoms with Gasteiger partial charge in [0.2, 0.25) is 0 Å². The number of hydrogen-bond acceptors (Lipinski definition) is 6. The van der Waals surface area contributed by atoms with Gasteiger partial charge in [0.1, 0.15) is 10.8 Å². The van der Waals surface area contributed by atoms with E-state index in [9.17, 15) is 19.7 Å². The van der Waals surface area contributed by atoms with Gasteiger partial charge in [0.15, 0.2) is 6.61 Å². The minimum absolute atomic E-state index is 0.0128. The molecule has 142 valence electrons. The van der Waals surface area contributed by atoms with Crippen molar-refractivity contribution in [3.8, 4) is 11.8 Å². The van der Waals surface area contributed by atoms with Gasteiger partial charge in [-0.15, -0.1) is 0 Å². The Hall–Kier alpha value is -3.90. The molecule has 0 aliphatic heterocycles. The molecule has 0 atom stereocenters. The molecule has 0 aliphatic rings. The van der Waals surface area contributed by atoms with E-state index in [0.29, 0.717) is 16.9 Å². The fourth-order valence-electron chi connectivity index (χ4n) is 1.93. The lowest BCUT2D eigenvalue weighted by Gasteiger charge is -2.07. The van der Waals surface area contributed by atoms with Crippen molar-refractivity contribution in [3.05, 3.63) is 74.8 Å². The van der Waals surface area contributed by atoms with Gasteiger partial charge in [-0.1, -0.05) is 17.7 Å². The van der Waals surface area contributed by atoms with Crippen LogP contribution in [0.25, 0.3) is 6.08 Å². The van der Waals surface area contributed by atoms with Gasteiger partial charge in [0.05, 0.1) is 16.6 Å². The first kappa shape index (κ1) is 20.4. The smallest absolute Gasteiger partial charge is 0.288 e. The quantitative estimate of drug-likeness (QED) is 0.434. The zero-order valence-electron chi connectivity index (χ0n) is 14.2. The molecule has 2 N–H and O–H groups in total. The van der Waals surface area contributed by atoms with Crippen LogP contribution < -0.4 is 15.6 Å². The molecule has 0 radical (unpaired) electrons. The number of carbonyl (C=O) groups is 2. The molecule has 9 nitrogen and oxygen atoms in total. The normalized spacial score (nSPS) is 10.1. The zero-order valence-corrected chi connectivity index (χ0v) is 15.0. The van der Waals surface area contributed by atoms with Crippen molar-refractivity contribution in [1.82, 2.24) is 10.9 Å². The minimum atomic E-state index is -0.649. The van der Waals surface area contributed by atoms with Gasteiger partial charge in [-0.2, -0.15) is 5.26 Å². The third-order valence-corrected chi connectivity index (χ3v) is 3.59. The summed E-state index contributed by atoms with van der Waals surface area (Å²) in [4.78, 5) is 33.6. The first-order valence-corrected chi connectivity index (χ1v) is 8.10. The summed E-state index contributed by atoms with van der Waals surface area (Å²) in [6.45, 7) is -0.348. The maximum Gasteiger partial charge on any atom is 0.288 e. The molecule has 0 unspecified atom stereocenters. The maximum atomic E-state index is 11.7. The number of rotatable bonds is 6. The van der Waals surface area contributed by atoms with Gasteiger partial charge in [-0.25, -0.2) is 0 Å². The molecule has 0 saturated heterocycles. The molecule has 2 rings (SSSR count). The number of halogens is 1. The molecule has 0 saturated carbocycles. The van der Waals surface area contributed by atoms with Crippen molar-refractivity contribution in [2.24, 2.45) is 0 Å². The van der Waals surface area contributed by atoms with Crippen LogP contribution in [0.2, 0.25) is 5.02 Å². The van der Waals surface area contributed by atoms with Crippen LogP contribution in [0.4, 0.5) is 5.69 Å². The molecule has 2 aromatic rings. The summed E-state index contributed by atoms with van der Waals surface area (Å²) >= 11 is 5.71. The molecule has 28 heavy (non-hydrogen) atoms. The molecular formula is C18H13ClN4O5. The number of carbonyl (C=O) groups excluding carboxylic acids is 2. The van der Waals surface area contributed by atoms with Crippen LogP contribution in [0.5, 0.6) is 5.75 Å². The van der Waals surface area contributed by atoms with Gasteiger partial charge >= 0.3 is 0 Å². The Balaban J connectivity index is 1.80. The highest BCUT2D eigenvalue weighted by Gasteiger charge is 2.11. The molecule has 2 aromatic carbocycles. The second-order valence-corrected chi connectivity index (χ2v) is 5.67. The van der Waals surface area contributed by atoms with E-state index in [-0.39, 0.29) is 17.3 Å². The second kappa shape index (κ2) is 9.70. The van der Waals surface area contributed by atoms with E-state index >= 15 is 0 Å².